The highest BCUT2D eigenvalue weighted by Gasteiger charge is 2.30. The fourth-order valence-electron chi connectivity index (χ4n) is 3.20. The summed E-state index contributed by atoms with van der Waals surface area (Å²) < 4.78 is 19.7. The number of hydrogen-bond donors (Lipinski definition) is 3. The number of nitrogens with one attached hydrogen (secondary N) is 2. The van der Waals surface area contributed by atoms with Gasteiger partial charge in [0.05, 0.1) is 17.2 Å². The van der Waals surface area contributed by atoms with Crippen LogP contribution in [0.25, 0.3) is 0 Å². The van der Waals surface area contributed by atoms with E-state index in [1.807, 2.05) is 0 Å². The zero-order chi connectivity index (χ0) is 21.1. The largest absolute Gasteiger partial charge is 0.444 e. The summed E-state index contributed by atoms with van der Waals surface area (Å²) in [6, 6.07) is 3.75. The van der Waals surface area contributed by atoms with Crippen molar-refractivity contribution < 1.29 is 23.8 Å². The molecule has 0 aromatic heterocycles. The molecule has 0 heterocycles. The molecule has 7 heteroatoms. The van der Waals surface area contributed by atoms with Gasteiger partial charge in [0.2, 0.25) is 0 Å². The number of hydrogen-bond acceptors (Lipinski definition) is 4. The van der Waals surface area contributed by atoms with Crippen molar-refractivity contribution >= 4 is 12.0 Å². The van der Waals surface area contributed by atoms with E-state index in [0.717, 1.165) is 0 Å². The van der Waals surface area contributed by atoms with Crippen LogP contribution >= 0.6 is 0 Å². The number of alkyl carbamates (subject to hydrolysis) is 1. The van der Waals surface area contributed by atoms with Crippen molar-refractivity contribution in [3.05, 3.63) is 35.1 Å². The second-order valence-electron chi connectivity index (χ2n) is 8.85. The summed E-state index contributed by atoms with van der Waals surface area (Å²) >= 11 is 0. The van der Waals surface area contributed by atoms with Gasteiger partial charge in [-0.05, 0) is 78.0 Å². The molecule has 1 unspecified atom stereocenters. The van der Waals surface area contributed by atoms with Crippen LogP contribution in [0, 0.1) is 5.82 Å². The monoisotopic (exact) mass is 394 g/mol. The summed E-state index contributed by atoms with van der Waals surface area (Å²) in [6.07, 6.45) is 1.95. The fourth-order valence-corrected chi connectivity index (χ4v) is 3.20. The molecule has 2 amide bonds. The second-order valence-corrected chi connectivity index (χ2v) is 8.85. The molecule has 1 aromatic rings. The predicted molar refractivity (Wildman–Crippen MR) is 105 cm³/mol. The van der Waals surface area contributed by atoms with Crippen LogP contribution in [-0.2, 0) is 4.74 Å². The Morgan fingerprint density at radius 2 is 1.89 bits per heavy atom. The Hall–Kier alpha value is -2.15. The van der Waals surface area contributed by atoms with Gasteiger partial charge in [-0.2, -0.15) is 0 Å². The Labute approximate surface area is 165 Å². The standard InChI is InChI=1S/C21H31FN2O4/c1-13(23-19(26)28-20(2,3)4)14-6-7-16(17(22)12-14)18(25)24-15-8-10-21(5,27)11-9-15/h6-7,12-13,15,27H,8-11H2,1-5H3,(H,23,26)(H,24,25). The minimum absolute atomic E-state index is 0.0365. The third-order valence-electron chi connectivity index (χ3n) is 4.87. The molecule has 6 nitrogen and oxygen atoms in total. The number of carbonyl (C=O) groups excluding carboxylic acids is 2. The molecule has 0 radical (unpaired) electrons. The average Bonchev–Trinajstić information content (AvgIpc) is 2.54. The number of aliphatic hydroxyl groups is 1. The Morgan fingerprint density at radius 3 is 2.43 bits per heavy atom. The van der Waals surface area contributed by atoms with Crippen molar-refractivity contribution in [2.45, 2.75) is 83.6 Å². The first kappa shape index (κ1) is 22.1. The molecule has 1 saturated carbocycles. The number of halogens is 1. The van der Waals surface area contributed by atoms with Crippen LogP contribution in [-0.4, -0.2) is 34.4 Å². The van der Waals surface area contributed by atoms with Gasteiger partial charge in [0.25, 0.3) is 5.91 Å². The lowest BCUT2D eigenvalue weighted by Crippen LogP contribution is -2.42. The second kappa shape index (κ2) is 8.47. The van der Waals surface area contributed by atoms with E-state index < -0.39 is 35.1 Å². The van der Waals surface area contributed by atoms with Gasteiger partial charge >= 0.3 is 6.09 Å². The van der Waals surface area contributed by atoms with Crippen LogP contribution in [0.3, 0.4) is 0 Å². The minimum Gasteiger partial charge on any atom is -0.444 e. The molecule has 3 N–H and O–H groups in total. The number of rotatable bonds is 4. The van der Waals surface area contributed by atoms with Crippen molar-refractivity contribution in [3.63, 3.8) is 0 Å². The van der Waals surface area contributed by atoms with Crippen molar-refractivity contribution in [2.24, 2.45) is 0 Å². The van der Waals surface area contributed by atoms with E-state index in [4.69, 9.17) is 4.74 Å². The lowest BCUT2D eigenvalue weighted by molar-refractivity contribution is 0.0140. The summed E-state index contributed by atoms with van der Waals surface area (Å²) in [4.78, 5) is 24.3. The third kappa shape index (κ3) is 6.48. The number of ether oxygens (including phenoxy) is 1. The van der Waals surface area contributed by atoms with Crippen molar-refractivity contribution in [1.82, 2.24) is 10.6 Å². The Balaban J connectivity index is 1.97. The van der Waals surface area contributed by atoms with Crippen LogP contribution in [0.5, 0.6) is 0 Å². The normalized spacial score (nSPS) is 23.6. The van der Waals surface area contributed by atoms with E-state index in [1.165, 1.54) is 12.1 Å². The molecule has 1 aliphatic rings. The predicted octanol–water partition coefficient (Wildman–Crippen LogP) is 3.83. The number of carbonyl (C=O) groups is 2. The van der Waals surface area contributed by atoms with E-state index in [9.17, 15) is 19.1 Å². The summed E-state index contributed by atoms with van der Waals surface area (Å²) in [7, 11) is 0. The van der Waals surface area contributed by atoms with Gasteiger partial charge in [0, 0.05) is 6.04 Å². The first-order chi connectivity index (χ1) is 12.9. The Bertz CT molecular complexity index is 718. The molecule has 1 aliphatic carbocycles. The maximum absolute atomic E-state index is 14.5. The molecular weight excluding hydrogens is 363 g/mol. The molecule has 1 fully saturated rings. The van der Waals surface area contributed by atoms with E-state index in [2.05, 4.69) is 10.6 Å². The van der Waals surface area contributed by atoms with Crippen molar-refractivity contribution in [3.8, 4) is 0 Å². The summed E-state index contributed by atoms with van der Waals surface area (Å²) in [5, 5.41) is 15.5. The van der Waals surface area contributed by atoms with Gasteiger partial charge in [-0.3, -0.25) is 4.79 Å². The lowest BCUT2D eigenvalue weighted by Gasteiger charge is -2.33. The quantitative estimate of drug-likeness (QED) is 0.724. The topological polar surface area (TPSA) is 87.7 Å². The molecule has 2 rings (SSSR count). The van der Waals surface area contributed by atoms with Crippen LogP contribution in [0.2, 0.25) is 0 Å². The van der Waals surface area contributed by atoms with E-state index in [-0.39, 0.29) is 11.6 Å². The van der Waals surface area contributed by atoms with E-state index in [0.29, 0.717) is 31.2 Å². The third-order valence-corrected chi connectivity index (χ3v) is 4.87. The molecule has 156 valence electrons. The molecule has 1 aromatic carbocycles. The van der Waals surface area contributed by atoms with Gasteiger partial charge in [0.15, 0.2) is 0 Å². The van der Waals surface area contributed by atoms with Gasteiger partial charge in [-0.15, -0.1) is 0 Å². The summed E-state index contributed by atoms with van der Waals surface area (Å²) in [5.74, 6) is -1.11. The molecule has 0 spiro atoms. The zero-order valence-corrected chi connectivity index (χ0v) is 17.3. The van der Waals surface area contributed by atoms with Crippen molar-refractivity contribution in [1.29, 1.82) is 0 Å². The molecule has 0 aliphatic heterocycles. The molecule has 1 atom stereocenters. The Kier molecular flexibility index (Phi) is 6.70. The maximum Gasteiger partial charge on any atom is 0.408 e. The highest BCUT2D eigenvalue weighted by molar-refractivity contribution is 5.94. The van der Waals surface area contributed by atoms with Gasteiger partial charge < -0.3 is 20.5 Å². The van der Waals surface area contributed by atoms with E-state index >= 15 is 0 Å². The summed E-state index contributed by atoms with van der Waals surface area (Å²) in [5.41, 5.74) is -0.811. The highest BCUT2D eigenvalue weighted by atomic mass is 19.1. The van der Waals surface area contributed by atoms with Gasteiger partial charge in [0.1, 0.15) is 11.4 Å². The maximum atomic E-state index is 14.5. The van der Waals surface area contributed by atoms with Crippen LogP contribution in [0.4, 0.5) is 9.18 Å². The Morgan fingerprint density at radius 1 is 1.29 bits per heavy atom. The van der Waals surface area contributed by atoms with Crippen LogP contribution in [0.1, 0.15) is 82.3 Å². The zero-order valence-electron chi connectivity index (χ0n) is 17.3. The number of benzene rings is 1. The first-order valence-corrected chi connectivity index (χ1v) is 9.68. The first-order valence-electron chi connectivity index (χ1n) is 9.68. The SMILES string of the molecule is CC(NC(=O)OC(C)(C)C)c1ccc(C(=O)NC2CCC(C)(O)CC2)c(F)c1. The van der Waals surface area contributed by atoms with Crippen molar-refractivity contribution in [2.75, 3.05) is 0 Å². The molecular formula is C21H31FN2O4. The van der Waals surface area contributed by atoms with Gasteiger partial charge in [-0.25, -0.2) is 9.18 Å². The fraction of sp³-hybridized carbons (Fsp3) is 0.619. The molecule has 0 saturated heterocycles. The molecule has 28 heavy (non-hydrogen) atoms. The van der Waals surface area contributed by atoms with Crippen LogP contribution in [0.15, 0.2) is 18.2 Å². The van der Waals surface area contributed by atoms with Crippen LogP contribution < -0.4 is 10.6 Å². The lowest BCUT2D eigenvalue weighted by atomic mass is 9.83. The highest BCUT2D eigenvalue weighted by Crippen LogP contribution is 2.28. The van der Waals surface area contributed by atoms with E-state index in [1.54, 1.807) is 40.7 Å². The van der Waals surface area contributed by atoms with Gasteiger partial charge in [-0.1, -0.05) is 6.07 Å². The summed E-state index contributed by atoms with van der Waals surface area (Å²) in [6.45, 7) is 8.79. The average molecular weight is 394 g/mol. The minimum atomic E-state index is -0.689. The smallest absolute Gasteiger partial charge is 0.408 e. The number of amides is 2. The molecule has 0 bridgehead atoms.